The summed E-state index contributed by atoms with van der Waals surface area (Å²) in [4.78, 5) is 5.00. The van der Waals surface area contributed by atoms with Crippen LogP contribution in [0.15, 0.2) is 24.4 Å². The Morgan fingerprint density at radius 1 is 1.22 bits per heavy atom. The summed E-state index contributed by atoms with van der Waals surface area (Å²) in [5, 5.41) is 14.8. The predicted molar refractivity (Wildman–Crippen MR) is 91.5 cm³/mol. The Labute approximate surface area is 135 Å². The normalized spacial score (nSPS) is 13.7. The van der Waals surface area contributed by atoms with E-state index in [0.29, 0.717) is 6.54 Å². The molecule has 0 unspecified atom stereocenters. The Morgan fingerprint density at radius 3 is 2.91 bits per heavy atom. The Bertz CT molecular complexity index is 895. The van der Waals surface area contributed by atoms with Crippen molar-refractivity contribution in [3.63, 3.8) is 0 Å². The van der Waals surface area contributed by atoms with E-state index in [1.807, 2.05) is 13.1 Å². The molecule has 2 aromatic heterocycles. The van der Waals surface area contributed by atoms with Crippen molar-refractivity contribution in [3.05, 3.63) is 46.8 Å². The highest BCUT2D eigenvalue weighted by Crippen LogP contribution is 2.33. The molecule has 4 rings (SSSR count). The van der Waals surface area contributed by atoms with Crippen molar-refractivity contribution in [2.75, 3.05) is 6.61 Å². The molecule has 118 valence electrons. The Hall–Kier alpha value is -2.20. The fraction of sp³-hybridized carbons (Fsp3) is 0.368. The SMILES string of the molecule is Cc1nn(CCO)cc1-c1cc(C)c2ccc3c(c2n1)CCC3. The lowest BCUT2D eigenvalue weighted by atomic mass is 10.0. The van der Waals surface area contributed by atoms with Crippen LogP contribution in [-0.4, -0.2) is 26.5 Å². The van der Waals surface area contributed by atoms with Crippen molar-refractivity contribution < 1.29 is 5.11 Å². The van der Waals surface area contributed by atoms with Gasteiger partial charge in [0, 0.05) is 17.1 Å². The molecule has 0 saturated heterocycles. The maximum atomic E-state index is 9.11. The van der Waals surface area contributed by atoms with Gasteiger partial charge in [-0.1, -0.05) is 12.1 Å². The average molecular weight is 307 g/mol. The number of aromatic nitrogens is 3. The van der Waals surface area contributed by atoms with Crippen LogP contribution in [0.3, 0.4) is 0 Å². The first kappa shape index (κ1) is 14.4. The highest BCUT2D eigenvalue weighted by Gasteiger charge is 2.17. The zero-order valence-electron chi connectivity index (χ0n) is 13.6. The summed E-state index contributed by atoms with van der Waals surface area (Å²) >= 11 is 0. The minimum absolute atomic E-state index is 0.0955. The predicted octanol–water partition coefficient (Wildman–Crippen LogP) is 3.20. The van der Waals surface area contributed by atoms with E-state index in [0.717, 1.165) is 28.9 Å². The molecule has 0 amide bonds. The number of aliphatic hydroxyl groups excluding tert-OH is 1. The smallest absolute Gasteiger partial charge is 0.0746 e. The number of fused-ring (bicyclic) bond motifs is 3. The molecule has 3 aromatic rings. The molecule has 4 nitrogen and oxygen atoms in total. The Kier molecular flexibility index (Phi) is 3.42. The topological polar surface area (TPSA) is 50.9 Å². The first-order valence-corrected chi connectivity index (χ1v) is 8.25. The van der Waals surface area contributed by atoms with E-state index in [9.17, 15) is 0 Å². The summed E-state index contributed by atoms with van der Waals surface area (Å²) in [5.41, 5.74) is 8.29. The first-order valence-electron chi connectivity index (χ1n) is 8.25. The molecule has 23 heavy (non-hydrogen) atoms. The molecule has 2 heterocycles. The molecule has 1 aromatic carbocycles. The van der Waals surface area contributed by atoms with E-state index in [2.05, 4.69) is 30.2 Å². The molecule has 1 N–H and O–H groups in total. The molecular weight excluding hydrogens is 286 g/mol. The second kappa shape index (κ2) is 5.46. The van der Waals surface area contributed by atoms with Crippen molar-refractivity contribution in [2.24, 2.45) is 0 Å². The summed E-state index contributed by atoms with van der Waals surface area (Å²) in [7, 11) is 0. The minimum Gasteiger partial charge on any atom is -0.394 e. The zero-order chi connectivity index (χ0) is 16.0. The largest absolute Gasteiger partial charge is 0.394 e. The van der Waals surface area contributed by atoms with Gasteiger partial charge < -0.3 is 5.11 Å². The van der Waals surface area contributed by atoms with Gasteiger partial charge in [0.2, 0.25) is 0 Å². The lowest BCUT2D eigenvalue weighted by Gasteiger charge is -2.10. The Morgan fingerprint density at radius 2 is 2.09 bits per heavy atom. The van der Waals surface area contributed by atoms with Crippen LogP contribution in [0, 0.1) is 13.8 Å². The molecular formula is C19H21N3O. The van der Waals surface area contributed by atoms with Crippen LogP contribution < -0.4 is 0 Å². The van der Waals surface area contributed by atoms with E-state index in [1.54, 1.807) is 4.68 Å². The third-order valence-corrected chi connectivity index (χ3v) is 4.81. The number of pyridine rings is 1. The van der Waals surface area contributed by atoms with Crippen molar-refractivity contribution in [1.29, 1.82) is 0 Å². The molecule has 0 saturated carbocycles. The number of aliphatic hydroxyl groups is 1. The lowest BCUT2D eigenvalue weighted by molar-refractivity contribution is 0.269. The van der Waals surface area contributed by atoms with Crippen LogP contribution in [0.4, 0.5) is 0 Å². The summed E-state index contributed by atoms with van der Waals surface area (Å²) in [5.74, 6) is 0. The molecule has 0 fully saturated rings. The third-order valence-electron chi connectivity index (χ3n) is 4.81. The van der Waals surface area contributed by atoms with Gasteiger partial charge in [-0.05, 0) is 55.9 Å². The van der Waals surface area contributed by atoms with Gasteiger partial charge in [-0.2, -0.15) is 5.10 Å². The number of nitrogens with zero attached hydrogens (tertiary/aromatic N) is 3. The highest BCUT2D eigenvalue weighted by molar-refractivity contribution is 5.89. The molecule has 0 aliphatic heterocycles. The van der Waals surface area contributed by atoms with Gasteiger partial charge >= 0.3 is 0 Å². The number of aryl methyl sites for hydroxylation is 4. The Balaban J connectivity index is 1.91. The van der Waals surface area contributed by atoms with Gasteiger partial charge in [-0.3, -0.25) is 4.68 Å². The number of benzene rings is 1. The van der Waals surface area contributed by atoms with Crippen molar-refractivity contribution in [2.45, 2.75) is 39.7 Å². The van der Waals surface area contributed by atoms with Gasteiger partial charge in [0.25, 0.3) is 0 Å². The molecule has 0 atom stereocenters. The standard InChI is InChI=1S/C19H21N3O/c1-12-10-18(17-11-22(8-9-23)21-13(17)2)20-19-15(12)7-6-14-4-3-5-16(14)19/h6-7,10-11,23H,3-5,8-9H2,1-2H3. The number of hydrogen-bond donors (Lipinski definition) is 1. The molecule has 1 aliphatic carbocycles. The van der Waals surface area contributed by atoms with Crippen LogP contribution in [-0.2, 0) is 19.4 Å². The third kappa shape index (κ3) is 2.34. The van der Waals surface area contributed by atoms with E-state index in [-0.39, 0.29) is 6.61 Å². The zero-order valence-corrected chi connectivity index (χ0v) is 13.6. The summed E-state index contributed by atoms with van der Waals surface area (Å²) < 4.78 is 1.79. The summed E-state index contributed by atoms with van der Waals surface area (Å²) in [6.07, 6.45) is 5.52. The maximum absolute atomic E-state index is 9.11. The van der Waals surface area contributed by atoms with Crippen LogP contribution in [0.1, 0.15) is 28.8 Å². The van der Waals surface area contributed by atoms with Gasteiger partial charge in [-0.25, -0.2) is 4.98 Å². The van der Waals surface area contributed by atoms with Gasteiger partial charge in [0.05, 0.1) is 30.1 Å². The fourth-order valence-electron chi connectivity index (χ4n) is 3.65. The molecule has 0 bridgehead atoms. The minimum atomic E-state index is 0.0955. The second-order valence-corrected chi connectivity index (χ2v) is 6.39. The molecule has 4 heteroatoms. The van der Waals surface area contributed by atoms with E-state index in [4.69, 9.17) is 10.1 Å². The summed E-state index contributed by atoms with van der Waals surface area (Å²) in [6.45, 7) is 4.77. The van der Waals surface area contributed by atoms with Gasteiger partial charge in [-0.15, -0.1) is 0 Å². The molecule has 0 radical (unpaired) electrons. The number of rotatable bonds is 3. The van der Waals surface area contributed by atoms with Crippen LogP contribution in [0.2, 0.25) is 0 Å². The summed E-state index contributed by atoms with van der Waals surface area (Å²) in [6, 6.07) is 6.63. The average Bonchev–Trinajstić information content (AvgIpc) is 3.14. The van der Waals surface area contributed by atoms with Gasteiger partial charge in [0.15, 0.2) is 0 Å². The fourth-order valence-corrected chi connectivity index (χ4v) is 3.65. The van der Waals surface area contributed by atoms with Crippen molar-refractivity contribution >= 4 is 10.9 Å². The highest BCUT2D eigenvalue weighted by atomic mass is 16.3. The molecule has 1 aliphatic rings. The quantitative estimate of drug-likeness (QED) is 0.808. The lowest BCUT2D eigenvalue weighted by Crippen LogP contribution is -2.02. The van der Waals surface area contributed by atoms with Crippen LogP contribution >= 0.6 is 0 Å². The van der Waals surface area contributed by atoms with Crippen LogP contribution in [0.25, 0.3) is 22.2 Å². The van der Waals surface area contributed by atoms with E-state index in [1.165, 1.54) is 34.9 Å². The molecule has 0 spiro atoms. The van der Waals surface area contributed by atoms with E-state index >= 15 is 0 Å². The van der Waals surface area contributed by atoms with Crippen molar-refractivity contribution in [1.82, 2.24) is 14.8 Å². The van der Waals surface area contributed by atoms with E-state index < -0.39 is 0 Å². The maximum Gasteiger partial charge on any atom is 0.0746 e. The number of hydrogen-bond acceptors (Lipinski definition) is 3. The second-order valence-electron chi connectivity index (χ2n) is 6.39. The van der Waals surface area contributed by atoms with Gasteiger partial charge in [0.1, 0.15) is 0 Å². The van der Waals surface area contributed by atoms with Crippen LogP contribution in [0.5, 0.6) is 0 Å². The monoisotopic (exact) mass is 307 g/mol. The first-order chi connectivity index (χ1) is 11.2. The van der Waals surface area contributed by atoms with Crippen molar-refractivity contribution in [3.8, 4) is 11.3 Å².